The van der Waals surface area contributed by atoms with Crippen LogP contribution in [-0.4, -0.2) is 27.6 Å². The molecule has 0 saturated carbocycles. The van der Waals surface area contributed by atoms with Crippen LogP contribution in [0.15, 0.2) is 48.5 Å². The molecule has 1 aliphatic rings. The fourth-order valence-electron chi connectivity index (χ4n) is 4.36. The second kappa shape index (κ2) is 7.82. The quantitative estimate of drug-likeness (QED) is 0.699. The van der Waals surface area contributed by atoms with E-state index in [-0.39, 0.29) is 29.8 Å². The number of hydrogen-bond donors (Lipinski definition) is 1. The molecule has 2 aromatic carbocycles. The number of Topliss-reactive ketones (excluding diaryl/α,β-unsaturated/α-hetero) is 1. The van der Waals surface area contributed by atoms with E-state index in [0.29, 0.717) is 24.9 Å². The summed E-state index contributed by atoms with van der Waals surface area (Å²) in [6.07, 6.45) is 1.31. The summed E-state index contributed by atoms with van der Waals surface area (Å²) in [5.74, 6) is -0.320. The lowest BCUT2D eigenvalue weighted by molar-refractivity contribution is -0.141. The van der Waals surface area contributed by atoms with Gasteiger partial charge >= 0.3 is 0 Å². The van der Waals surface area contributed by atoms with Gasteiger partial charge in [0.05, 0.1) is 12.6 Å². The van der Waals surface area contributed by atoms with Gasteiger partial charge in [-0.2, -0.15) is 0 Å². The van der Waals surface area contributed by atoms with Crippen LogP contribution in [0.2, 0.25) is 0 Å². The smallest absolute Gasteiger partial charge is 0.223 e. The first-order chi connectivity index (χ1) is 13.9. The molecule has 4 rings (SSSR count). The number of aromatic nitrogens is 1. The predicted molar refractivity (Wildman–Crippen MR) is 111 cm³/mol. The maximum atomic E-state index is 13.9. The van der Waals surface area contributed by atoms with Gasteiger partial charge in [0, 0.05) is 29.4 Å². The molecule has 2 heterocycles. The average Bonchev–Trinajstić information content (AvgIpc) is 3.06. The van der Waals surface area contributed by atoms with Crippen LogP contribution in [0.3, 0.4) is 0 Å². The molecule has 1 amide bonds. The van der Waals surface area contributed by atoms with Crippen LogP contribution in [0.25, 0.3) is 10.9 Å². The fourth-order valence-corrected chi connectivity index (χ4v) is 4.36. The normalized spacial score (nSPS) is 17.2. The van der Waals surface area contributed by atoms with E-state index in [1.165, 1.54) is 6.07 Å². The number of ketones is 1. The molecular formula is C24H25FN2O2. The highest BCUT2D eigenvalue weighted by atomic mass is 19.1. The van der Waals surface area contributed by atoms with E-state index < -0.39 is 6.04 Å². The van der Waals surface area contributed by atoms with Gasteiger partial charge in [0.25, 0.3) is 0 Å². The molecule has 0 saturated heterocycles. The Labute approximate surface area is 169 Å². The number of carbonyl (C=O) groups excluding carboxylic acids is 2. The largest absolute Gasteiger partial charge is 0.357 e. The van der Waals surface area contributed by atoms with Gasteiger partial charge in [-0.1, -0.05) is 43.3 Å². The number of hydrogen-bond acceptors (Lipinski definition) is 2. The number of aromatic amines is 1. The van der Waals surface area contributed by atoms with Crippen molar-refractivity contribution < 1.29 is 14.0 Å². The molecule has 0 bridgehead atoms. The molecule has 3 aromatic rings. The van der Waals surface area contributed by atoms with Gasteiger partial charge in [-0.3, -0.25) is 9.59 Å². The molecule has 0 radical (unpaired) electrons. The Morgan fingerprint density at radius 3 is 2.66 bits per heavy atom. The summed E-state index contributed by atoms with van der Waals surface area (Å²) in [4.78, 5) is 30.5. The van der Waals surface area contributed by atoms with Crippen molar-refractivity contribution in [3.8, 4) is 0 Å². The van der Waals surface area contributed by atoms with E-state index in [2.05, 4.69) is 11.1 Å². The summed E-state index contributed by atoms with van der Waals surface area (Å²) in [6, 6.07) is 14.2. The topological polar surface area (TPSA) is 53.2 Å². The number of nitrogens with zero attached hydrogens (tertiary/aromatic N) is 1. The number of nitrogens with one attached hydrogen (secondary N) is 1. The number of halogens is 1. The van der Waals surface area contributed by atoms with Crippen LogP contribution < -0.4 is 0 Å². The van der Waals surface area contributed by atoms with E-state index in [1.807, 2.05) is 25.1 Å². The number of rotatable bonds is 5. The van der Waals surface area contributed by atoms with Crippen molar-refractivity contribution >= 4 is 22.6 Å². The molecule has 1 N–H and O–H groups in total. The summed E-state index contributed by atoms with van der Waals surface area (Å²) in [7, 11) is 0. The van der Waals surface area contributed by atoms with Gasteiger partial charge in [-0.25, -0.2) is 4.39 Å². The third kappa shape index (κ3) is 3.82. The zero-order valence-corrected chi connectivity index (χ0v) is 16.7. The maximum absolute atomic E-state index is 13.9. The van der Waals surface area contributed by atoms with Crippen molar-refractivity contribution in [3.63, 3.8) is 0 Å². The van der Waals surface area contributed by atoms with Crippen molar-refractivity contribution in [3.05, 3.63) is 71.2 Å². The Morgan fingerprint density at radius 1 is 1.17 bits per heavy atom. The standard InChI is InChI=1S/C24H25FN2O2/c1-15(11-17-7-3-5-9-20(17)25)12-24(29)27-14-22-19(13-23(27)16(2)28)18-8-4-6-10-21(18)26-22/h3-10,15,23,26H,11-14H2,1-2H3/t15-,23-/m1/s1. The molecule has 150 valence electrons. The summed E-state index contributed by atoms with van der Waals surface area (Å²) >= 11 is 0. The Hall–Kier alpha value is -2.95. The molecule has 29 heavy (non-hydrogen) atoms. The van der Waals surface area contributed by atoms with E-state index in [1.54, 1.807) is 30.0 Å². The Morgan fingerprint density at radius 2 is 1.90 bits per heavy atom. The number of benzene rings is 2. The summed E-state index contributed by atoms with van der Waals surface area (Å²) in [6.45, 7) is 3.90. The number of amides is 1. The lowest BCUT2D eigenvalue weighted by atomic mass is 9.92. The first-order valence-electron chi connectivity index (χ1n) is 10.1. The maximum Gasteiger partial charge on any atom is 0.223 e. The summed E-state index contributed by atoms with van der Waals surface area (Å²) < 4.78 is 13.9. The van der Waals surface area contributed by atoms with E-state index in [9.17, 15) is 14.0 Å². The first kappa shape index (κ1) is 19.4. The summed E-state index contributed by atoms with van der Waals surface area (Å²) in [5, 5.41) is 1.12. The molecule has 0 aliphatic carbocycles. The van der Waals surface area contributed by atoms with E-state index in [4.69, 9.17) is 0 Å². The molecule has 4 nitrogen and oxygen atoms in total. The number of H-pyrrole nitrogens is 1. The third-order valence-corrected chi connectivity index (χ3v) is 5.84. The minimum Gasteiger partial charge on any atom is -0.357 e. The molecule has 0 spiro atoms. The van der Waals surface area contributed by atoms with Crippen molar-refractivity contribution in [1.82, 2.24) is 9.88 Å². The average molecular weight is 392 g/mol. The predicted octanol–water partition coefficient (Wildman–Crippen LogP) is 4.42. The minimum absolute atomic E-state index is 0.00367. The van der Waals surface area contributed by atoms with Crippen LogP contribution in [0.4, 0.5) is 4.39 Å². The molecule has 1 aromatic heterocycles. The Bertz CT molecular complexity index is 1070. The van der Waals surface area contributed by atoms with Gasteiger partial charge in [-0.15, -0.1) is 0 Å². The second-order valence-electron chi connectivity index (χ2n) is 8.08. The van der Waals surface area contributed by atoms with Crippen molar-refractivity contribution in [2.75, 3.05) is 0 Å². The lowest BCUT2D eigenvalue weighted by Gasteiger charge is -2.35. The summed E-state index contributed by atoms with van der Waals surface area (Å²) in [5.41, 5.74) is 3.78. The lowest BCUT2D eigenvalue weighted by Crippen LogP contribution is -2.48. The van der Waals surface area contributed by atoms with E-state index in [0.717, 1.165) is 22.2 Å². The highest BCUT2D eigenvalue weighted by Crippen LogP contribution is 2.31. The molecule has 2 atom stereocenters. The molecule has 1 aliphatic heterocycles. The van der Waals surface area contributed by atoms with Crippen molar-refractivity contribution in [2.24, 2.45) is 5.92 Å². The van der Waals surface area contributed by atoms with Crippen molar-refractivity contribution in [1.29, 1.82) is 0 Å². The Kier molecular flexibility index (Phi) is 5.22. The molecular weight excluding hydrogens is 367 g/mol. The number of para-hydroxylation sites is 1. The second-order valence-corrected chi connectivity index (χ2v) is 8.08. The fraction of sp³-hybridized carbons (Fsp3) is 0.333. The zero-order valence-electron chi connectivity index (χ0n) is 16.7. The third-order valence-electron chi connectivity index (χ3n) is 5.84. The minimum atomic E-state index is -0.449. The Balaban J connectivity index is 1.53. The SMILES string of the molecule is CC(=O)[C@H]1Cc2c([nH]c3ccccc23)CN1C(=O)C[C@H](C)Cc1ccccc1F. The van der Waals surface area contributed by atoms with Gasteiger partial charge in [0.2, 0.25) is 5.91 Å². The monoisotopic (exact) mass is 392 g/mol. The van der Waals surface area contributed by atoms with Gasteiger partial charge in [0.15, 0.2) is 5.78 Å². The van der Waals surface area contributed by atoms with Crippen LogP contribution in [-0.2, 0) is 29.0 Å². The number of fused-ring (bicyclic) bond motifs is 3. The molecule has 5 heteroatoms. The zero-order chi connectivity index (χ0) is 20.5. The van der Waals surface area contributed by atoms with Crippen LogP contribution >= 0.6 is 0 Å². The van der Waals surface area contributed by atoms with E-state index >= 15 is 0 Å². The van der Waals surface area contributed by atoms with Crippen LogP contribution in [0.5, 0.6) is 0 Å². The highest BCUT2D eigenvalue weighted by molar-refractivity contribution is 5.91. The highest BCUT2D eigenvalue weighted by Gasteiger charge is 2.34. The van der Waals surface area contributed by atoms with Crippen molar-refractivity contribution in [2.45, 2.75) is 45.7 Å². The van der Waals surface area contributed by atoms with Crippen LogP contribution in [0, 0.1) is 11.7 Å². The molecule has 0 unspecified atom stereocenters. The first-order valence-corrected chi connectivity index (χ1v) is 10.1. The van der Waals surface area contributed by atoms with Gasteiger partial charge < -0.3 is 9.88 Å². The van der Waals surface area contributed by atoms with Gasteiger partial charge in [0.1, 0.15) is 5.82 Å². The van der Waals surface area contributed by atoms with Crippen LogP contribution in [0.1, 0.15) is 37.1 Å². The number of carbonyl (C=O) groups is 2. The molecule has 0 fully saturated rings. The van der Waals surface area contributed by atoms with Gasteiger partial charge in [-0.05, 0) is 42.5 Å².